The summed E-state index contributed by atoms with van der Waals surface area (Å²) >= 11 is 0. The topological polar surface area (TPSA) is 66.7 Å². The van der Waals surface area contributed by atoms with Crippen molar-refractivity contribution < 1.29 is 13.9 Å². The summed E-state index contributed by atoms with van der Waals surface area (Å²) in [5.74, 6) is 0.462. The summed E-state index contributed by atoms with van der Waals surface area (Å²) in [4.78, 5) is 15.1. The summed E-state index contributed by atoms with van der Waals surface area (Å²) in [5.41, 5.74) is 3.30. The largest absolute Gasteiger partial charge is 0.495 e. The number of methoxy groups -OCH3 is 1. The van der Waals surface area contributed by atoms with Crippen LogP contribution in [0.2, 0.25) is 0 Å². The molecule has 1 amide bonds. The summed E-state index contributed by atoms with van der Waals surface area (Å²) in [6.07, 6.45) is 0. The average molecular weight is 432 g/mol. The molecule has 0 aliphatic heterocycles. The second kappa shape index (κ2) is 9.42. The maximum atomic E-state index is 12.9. The lowest BCUT2D eigenvalue weighted by molar-refractivity contribution is -0.117. The number of ether oxygens (including phenoxy) is 1. The molecule has 166 valence electrons. The second-order valence-corrected chi connectivity index (χ2v) is 8.16. The Kier molecular flexibility index (Phi) is 6.44. The Balaban J connectivity index is 1.49. The summed E-state index contributed by atoms with van der Waals surface area (Å²) in [6.45, 7) is 2.50. The maximum Gasteiger partial charge on any atom is 0.241 e. The number of amides is 1. The first-order chi connectivity index (χ1) is 15.5. The Morgan fingerprint density at radius 1 is 1.00 bits per heavy atom. The number of hydrogen-bond acceptors (Lipinski definition) is 5. The normalized spacial score (nSPS) is 13.4. The van der Waals surface area contributed by atoms with Crippen LogP contribution in [-0.4, -0.2) is 44.6 Å². The zero-order valence-electron chi connectivity index (χ0n) is 18.9. The molecular weight excluding hydrogens is 402 g/mol. The molecule has 0 spiro atoms. The van der Waals surface area contributed by atoms with Gasteiger partial charge in [0.25, 0.3) is 0 Å². The molecule has 4 aromatic rings. The molecular formula is C26H29N3O3. The van der Waals surface area contributed by atoms with Crippen LogP contribution in [0.5, 0.6) is 5.75 Å². The highest BCUT2D eigenvalue weighted by molar-refractivity contribution is 6.08. The minimum atomic E-state index is -0.391. The van der Waals surface area contributed by atoms with Crippen molar-refractivity contribution in [2.24, 2.45) is 0 Å². The predicted octanol–water partition coefficient (Wildman–Crippen LogP) is 4.81. The highest BCUT2D eigenvalue weighted by Crippen LogP contribution is 2.36. The van der Waals surface area contributed by atoms with Crippen LogP contribution in [0.15, 0.2) is 71.1 Å². The number of carbonyl (C=O) groups excluding carboxylic acids is 1. The molecule has 1 heterocycles. The number of nitrogens with zero attached hydrogens (tertiary/aromatic N) is 1. The molecule has 6 nitrogen and oxygen atoms in total. The fourth-order valence-corrected chi connectivity index (χ4v) is 3.91. The zero-order chi connectivity index (χ0) is 22.7. The number of carbonyl (C=O) groups is 1. The van der Waals surface area contributed by atoms with Gasteiger partial charge in [-0.2, -0.15) is 0 Å². The van der Waals surface area contributed by atoms with Gasteiger partial charge in [0, 0.05) is 29.4 Å². The zero-order valence-corrected chi connectivity index (χ0v) is 18.9. The lowest BCUT2D eigenvalue weighted by atomic mass is 10.1. The van der Waals surface area contributed by atoms with Crippen molar-refractivity contribution in [2.75, 3.05) is 33.1 Å². The molecule has 0 aliphatic rings. The van der Waals surface area contributed by atoms with Gasteiger partial charge in [0.05, 0.1) is 18.8 Å². The van der Waals surface area contributed by atoms with Crippen molar-refractivity contribution in [3.8, 4) is 5.75 Å². The standard InChI is InChI=1S/C26H29N3O3/c1-17(27-16-22(29(2)3)18-10-6-5-7-11-18)26(30)28-21-15-24-20(14-25(21)31-4)19-12-8-9-13-23(19)32-24/h5-15,17,22,27H,16H2,1-4H3,(H,28,30)/t17-,22+/m1/s1. The van der Waals surface area contributed by atoms with Crippen molar-refractivity contribution in [1.82, 2.24) is 10.2 Å². The molecule has 0 bridgehead atoms. The van der Waals surface area contributed by atoms with Gasteiger partial charge in [0.1, 0.15) is 16.9 Å². The van der Waals surface area contributed by atoms with E-state index < -0.39 is 6.04 Å². The molecule has 2 atom stereocenters. The van der Waals surface area contributed by atoms with E-state index in [0.717, 1.165) is 16.4 Å². The fourth-order valence-electron chi connectivity index (χ4n) is 3.91. The first kappa shape index (κ1) is 21.9. The average Bonchev–Trinajstić information content (AvgIpc) is 3.16. The number of furan rings is 1. The van der Waals surface area contributed by atoms with Gasteiger partial charge in [0.2, 0.25) is 5.91 Å². The van der Waals surface area contributed by atoms with Crippen LogP contribution >= 0.6 is 0 Å². The summed E-state index contributed by atoms with van der Waals surface area (Å²) in [6, 6.07) is 21.6. The first-order valence-corrected chi connectivity index (χ1v) is 10.7. The molecule has 0 saturated carbocycles. The van der Waals surface area contributed by atoms with E-state index >= 15 is 0 Å². The van der Waals surface area contributed by atoms with Crippen molar-refractivity contribution in [3.63, 3.8) is 0 Å². The van der Waals surface area contributed by atoms with Gasteiger partial charge < -0.3 is 24.7 Å². The lowest BCUT2D eigenvalue weighted by Crippen LogP contribution is -2.42. The number of nitrogens with one attached hydrogen (secondary N) is 2. The van der Waals surface area contributed by atoms with Gasteiger partial charge >= 0.3 is 0 Å². The molecule has 0 unspecified atom stereocenters. The maximum absolute atomic E-state index is 12.9. The number of para-hydroxylation sites is 1. The van der Waals surface area contributed by atoms with Gasteiger partial charge in [-0.15, -0.1) is 0 Å². The van der Waals surface area contributed by atoms with Gasteiger partial charge in [-0.1, -0.05) is 48.5 Å². The number of benzene rings is 3. The molecule has 32 heavy (non-hydrogen) atoms. The Morgan fingerprint density at radius 2 is 1.72 bits per heavy atom. The smallest absolute Gasteiger partial charge is 0.241 e. The highest BCUT2D eigenvalue weighted by Gasteiger charge is 2.20. The minimum Gasteiger partial charge on any atom is -0.495 e. The molecule has 3 aromatic carbocycles. The van der Waals surface area contributed by atoms with Crippen molar-refractivity contribution in [2.45, 2.75) is 19.0 Å². The number of anilines is 1. The van der Waals surface area contributed by atoms with Crippen molar-refractivity contribution >= 4 is 33.5 Å². The lowest BCUT2D eigenvalue weighted by Gasteiger charge is -2.26. The minimum absolute atomic E-state index is 0.135. The van der Waals surface area contributed by atoms with Crippen LogP contribution in [0.1, 0.15) is 18.5 Å². The van der Waals surface area contributed by atoms with E-state index in [1.807, 2.05) is 75.6 Å². The SMILES string of the molecule is COc1cc2c(cc1NC(=O)[C@@H](C)NC[C@@H](c1ccccc1)N(C)C)oc1ccccc12. The Labute approximate surface area is 188 Å². The number of likely N-dealkylation sites (N-methyl/N-ethyl adjacent to an activating group) is 1. The van der Waals surface area contributed by atoms with Crippen molar-refractivity contribution in [3.05, 3.63) is 72.3 Å². The third kappa shape index (κ3) is 4.47. The van der Waals surface area contributed by atoms with E-state index in [2.05, 4.69) is 27.7 Å². The van der Waals surface area contributed by atoms with Crippen molar-refractivity contribution in [1.29, 1.82) is 0 Å². The van der Waals surface area contributed by atoms with Gasteiger partial charge in [-0.25, -0.2) is 0 Å². The number of rotatable bonds is 8. The molecule has 2 N–H and O–H groups in total. The molecule has 6 heteroatoms. The molecule has 0 saturated heterocycles. The number of hydrogen-bond donors (Lipinski definition) is 2. The molecule has 0 fully saturated rings. The van der Waals surface area contributed by atoms with E-state index in [-0.39, 0.29) is 11.9 Å². The Bertz CT molecular complexity index is 1220. The van der Waals surface area contributed by atoms with E-state index in [1.54, 1.807) is 7.11 Å². The van der Waals surface area contributed by atoms with Crippen LogP contribution in [0.4, 0.5) is 5.69 Å². The highest BCUT2D eigenvalue weighted by atomic mass is 16.5. The molecule has 0 aliphatic carbocycles. The van der Waals surface area contributed by atoms with E-state index in [1.165, 1.54) is 5.56 Å². The van der Waals surface area contributed by atoms with Gasteiger partial charge in [-0.3, -0.25) is 4.79 Å². The van der Waals surface area contributed by atoms with Crippen LogP contribution in [-0.2, 0) is 4.79 Å². The Morgan fingerprint density at radius 3 is 2.44 bits per heavy atom. The third-order valence-electron chi connectivity index (χ3n) is 5.78. The third-order valence-corrected chi connectivity index (χ3v) is 5.78. The quantitative estimate of drug-likeness (QED) is 0.419. The van der Waals surface area contributed by atoms with E-state index in [9.17, 15) is 4.79 Å². The summed E-state index contributed by atoms with van der Waals surface area (Å²) in [5, 5.41) is 8.33. The van der Waals surface area contributed by atoms with E-state index in [0.29, 0.717) is 23.6 Å². The summed E-state index contributed by atoms with van der Waals surface area (Å²) in [7, 11) is 5.68. The molecule has 0 radical (unpaired) electrons. The van der Waals surface area contributed by atoms with E-state index in [4.69, 9.17) is 9.15 Å². The molecule has 4 rings (SSSR count). The monoisotopic (exact) mass is 431 g/mol. The predicted molar refractivity (Wildman–Crippen MR) is 129 cm³/mol. The number of fused-ring (bicyclic) bond motifs is 3. The van der Waals surface area contributed by atoms with Crippen LogP contribution in [0.3, 0.4) is 0 Å². The van der Waals surface area contributed by atoms with Crippen LogP contribution in [0.25, 0.3) is 21.9 Å². The van der Waals surface area contributed by atoms with Gasteiger partial charge in [0.15, 0.2) is 0 Å². The summed E-state index contributed by atoms with van der Waals surface area (Å²) < 4.78 is 11.5. The second-order valence-electron chi connectivity index (χ2n) is 8.16. The van der Waals surface area contributed by atoms with Crippen LogP contribution in [0, 0.1) is 0 Å². The molecule has 1 aromatic heterocycles. The van der Waals surface area contributed by atoms with Gasteiger partial charge in [-0.05, 0) is 38.7 Å². The first-order valence-electron chi connectivity index (χ1n) is 10.7. The van der Waals surface area contributed by atoms with Crippen LogP contribution < -0.4 is 15.4 Å². The fraction of sp³-hybridized carbons (Fsp3) is 0.269. The Hall–Kier alpha value is -3.35.